The van der Waals surface area contributed by atoms with Gasteiger partial charge in [-0.25, -0.2) is 14.8 Å². The first kappa shape index (κ1) is 24.6. The molecule has 1 aromatic heterocycles. The van der Waals surface area contributed by atoms with E-state index in [-0.39, 0.29) is 18.0 Å². The molecular weight excluding hydrogens is 480 g/mol. The van der Waals surface area contributed by atoms with E-state index in [1.807, 2.05) is 54.6 Å². The number of hydrogen-bond donors (Lipinski definition) is 0. The van der Waals surface area contributed by atoms with Crippen molar-refractivity contribution in [1.82, 2.24) is 9.97 Å². The summed E-state index contributed by atoms with van der Waals surface area (Å²) in [5.41, 5.74) is 4.96. The van der Waals surface area contributed by atoms with E-state index in [9.17, 15) is 9.59 Å². The Morgan fingerprint density at radius 3 is 1.74 bits per heavy atom. The summed E-state index contributed by atoms with van der Waals surface area (Å²) >= 11 is 0. The summed E-state index contributed by atoms with van der Waals surface area (Å²) in [5.74, 6) is 0.583. The van der Waals surface area contributed by atoms with Gasteiger partial charge in [0.2, 0.25) is 0 Å². The van der Waals surface area contributed by atoms with Gasteiger partial charge in [-0.2, -0.15) is 0 Å². The molecule has 1 heterocycles. The van der Waals surface area contributed by atoms with Crippen LogP contribution in [0.2, 0.25) is 0 Å². The number of aromatic nitrogens is 2. The Kier molecular flexibility index (Phi) is 7.08. The maximum absolute atomic E-state index is 12.8. The lowest BCUT2D eigenvalue weighted by Gasteiger charge is -2.12. The predicted octanol–water partition coefficient (Wildman–Crippen LogP) is 6.02. The molecule has 0 fully saturated rings. The lowest BCUT2D eigenvalue weighted by molar-refractivity contribution is 0.0475. The van der Waals surface area contributed by atoms with Crippen molar-refractivity contribution in [3.63, 3.8) is 0 Å². The van der Waals surface area contributed by atoms with Gasteiger partial charge in [-0.1, -0.05) is 30.3 Å². The number of hydrogen-bond acceptors (Lipinski definition) is 7. The molecule has 188 valence electrons. The standard InChI is InChI=1S/C31H24N2O5/c1-36-24-13-8-21(9-14-24)29-30(22-10-15-25(37-2)16-11-22)33-27-18-23(12-17-26(27)32-29)31(35)38-19-28(34)20-6-4-3-5-7-20/h3-18H,19H2,1-2H3. The lowest BCUT2D eigenvalue weighted by Crippen LogP contribution is -2.14. The monoisotopic (exact) mass is 504 g/mol. The highest BCUT2D eigenvalue weighted by Crippen LogP contribution is 2.33. The molecule has 0 aliphatic heterocycles. The largest absolute Gasteiger partial charge is 0.497 e. The van der Waals surface area contributed by atoms with E-state index in [2.05, 4.69) is 0 Å². The van der Waals surface area contributed by atoms with Crippen LogP contribution in [-0.2, 0) is 4.74 Å². The average Bonchev–Trinajstić information content (AvgIpc) is 2.99. The van der Waals surface area contributed by atoms with Crippen LogP contribution >= 0.6 is 0 Å². The number of fused-ring (bicyclic) bond motifs is 1. The first-order valence-corrected chi connectivity index (χ1v) is 11.9. The van der Waals surface area contributed by atoms with Crippen molar-refractivity contribution in [2.75, 3.05) is 20.8 Å². The number of ether oxygens (including phenoxy) is 3. The number of esters is 1. The van der Waals surface area contributed by atoms with Crippen molar-refractivity contribution in [3.8, 4) is 34.0 Å². The molecule has 0 aliphatic carbocycles. The highest BCUT2D eigenvalue weighted by atomic mass is 16.5. The molecule has 38 heavy (non-hydrogen) atoms. The van der Waals surface area contributed by atoms with Gasteiger partial charge in [-0.15, -0.1) is 0 Å². The van der Waals surface area contributed by atoms with Gasteiger partial charge in [0.15, 0.2) is 12.4 Å². The third kappa shape index (κ3) is 5.22. The Morgan fingerprint density at radius 1 is 0.632 bits per heavy atom. The molecule has 0 aliphatic rings. The van der Waals surface area contributed by atoms with E-state index >= 15 is 0 Å². The van der Waals surface area contributed by atoms with Crippen LogP contribution in [0.15, 0.2) is 97.1 Å². The van der Waals surface area contributed by atoms with Crippen molar-refractivity contribution in [3.05, 3.63) is 108 Å². The third-order valence-electron chi connectivity index (χ3n) is 6.06. The normalized spacial score (nSPS) is 10.7. The van der Waals surface area contributed by atoms with Crippen LogP contribution in [0.1, 0.15) is 20.7 Å². The van der Waals surface area contributed by atoms with E-state index < -0.39 is 5.97 Å². The number of Topliss-reactive ketones (excluding diaryl/α,β-unsaturated/α-hetero) is 1. The molecule has 0 unspecified atom stereocenters. The molecule has 0 saturated heterocycles. The Hall–Kier alpha value is -5.04. The number of benzene rings is 4. The number of carbonyl (C=O) groups is 2. The van der Waals surface area contributed by atoms with Gasteiger partial charge in [0.05, 0.1) is 42.2 Å². The zero-order chi connectivity index (χ0) is 26.5. The Labute approximate surface area is 219 Å². The number of methoxy groups -OCH3 is 2. The Bertz CT molecular complexity index is 1600. The van der Waals surface area contributed by atoms with E-state index in [0.717, 1.165) is 22.6 Å². The second-order valence-corrected chi connectivity index (χ2v) is 8.45. The van der Waals surface area contributed by atoms with Crippen LogP contribution in [0.25, 0.3) is 33.5 Å². The lowest BCUT2D eigenvalue weighted by atomic mass is 10.0. The molecule has 5 rings (SSSR count). The molecule has 0 saturated carbocycles. The van der Waals surface area contributed by atoms with Crippen molar-refractivity contribution in [2.24, 2.45) is 0 Å². The van der Waals surface area contributed by atoms with Crippen LogP contribution in [0.4, 0.5) is 0 Å². The first-order chi connectivity index (χ1) is 18.6. The minimum Gasteiger partial charge on any atom is -0.497 e. The van der Waals surface area contributed by atoms with Crippen LogP contribution in [0, 0.1) is 0 Å². The van der Waals surface area contributed by atoms with Crippen LogP contribution in [0.3, 0.4) is 0 Å². The number of carbonyl (C=O) groups excluding carboxylic acids is 2. The minimum absolute atomic E-state index is 0.273. The van der Waals surface area contributed by atoms with Crippen molar-refractivity contribution >= 4 is 22.8 Å². The Balaban J connectivity index is 1.50. The smallest absolute Gasteiger partial charge is 0.338 e. The fraction of sp³-hybridized carbons (Fsp3) is 0.0968. The zero-order valence-electron chi connectivity index (χ0n) is 20.9. The number of rotatable bonds is 8. The summed E-state index contributed by atoms with van der Waals surface area (Å²) in [6.45, 7) is -0.347. The molecule has 4 aromatic carbocycles. The Morgan fingerprint density at radius 2 is 1.18 bits per heavy atom. The average molecular weight is 505 g/mol. The summed E-state index contributed by atoms with van der Waals surface area (Å²) in [6.07, 6.45) is 0. The van der Waals surface area contributed by atoms with Gasteiger partial charge in [0, 0.05) is 16.7 Å². The van der Waals surface area contributed by atoms with Gasteiger partial charge >= 0.3 is 5.97 Å². The molecule has 0 atom stereocenters. The summed E-state index contributed by atoms with van der Waals surface area (Å²) in [5, 5.41) is 0. The predicted molar refractivity (Wildman–Crippen MR) is 145 cm³/mol. The van der Waals surface area contributed by atoms with E-state index in [1.54, 1.807) is 56.7 Å². The molecule has 0 radical (unpaired) electrons. The summed E-state index contributed by atoms with van der Waals surface area (Å²) < 4.78 is 15.9. The topological polar surface area (TPSA) is 87.6 Å². The summed E-state index contributed by atoms with van der Waals surface area (Å²) in [7, 11) is 3.23. The third-order valence-corrected chi connectivity index (χ3v) is 6.06. The molecule has 0 N–H and O–H groups in total. The number of nitrogens with zero attached hydrogens (tertiary/aromatic N) is 2. The van der Waals surface area contributed by atoms with Crippen LogP contribution in [-0.4, -0.2) is 42.5 Å². The zero-order valence-corrected chi connectivity index (χ0v) is 20.9. The highest BCUT2D eigenvalue weighted by Gasteiger charge is 2.17. The highest BCUT2D eigenvalue weighted by molar-refractivity contribution is 6.00. The van der Waals surface area contributed by atoms with Gasteiger partial charge in [-0.05, 0) is 66.7 Å². The molecule has 5 aromatic rings. The fourth-order valence-electron chi connectivity index (χ4n) is 4.00. The summed E-state index contributed by atoms with van der Waals surface area (Å²) in [4.78, 5) is 34.9. The van der Waals surface area contributed by atoms with E-state index in [1.165, 1.54) is 0 Å². The van der Waals surface area contributed by atoms with E-state index in [0.29, 0.717) is 28.0 Å². The summed E-state index contributed by atoms with van der Waals surface area (Å²) in [6, 6.07) is 28.8. The first-order valence-electron chi connectivity index (χ1n) is 11.9. The fourth-order valence-corrected chi connectivity index (χ4v) is 4.00. The van der Waals surface area contributed by atoms with Gasteiger partial charge in [0.25, 0.3) is 0 Å². The SMILES string of the molecule is COc1ccc(-c2nc3ccc(C(=O)OCC(=O)c4ccccc4)cc3nc2-c2ccc(OC)cc2)cc1. The maximum atomic E-state index is 12.8. The van der Waals surface area contributed by atoms with E-state index in [4.69, 9.17) is 24.2 Å². The van der Waals surface area contributed by atoms with Gasteiger partial charge in [-0.3, -0.25) is 4.79 Å². The van der Waals surface area contributed by atoms with Crippen molar-refractivity contribution < 1.29 is 23.8 Å². The molecule has 0 bridgehead atoms. The van der Waals surface area contributed by atoms with Gasteiger partial charge in [0.1, 0.15) is 11.5 Å². The van der Waals surface area contributed by atoms with Crippen molar-refractivity contribution in [1.29, 1.82) is 0 Å². The quantitative estimate of drug-likeness (QED) is 0.189. The molecule has 7 nitrogen and oxygen atoms in total. The molecule has 0 spiro atoms. The maximum Gasteiger partial charge on any atom is 0.338 e. The van der Waals surface area contributed by atoms with Crippen molar-refractivity contribution in [2.45, 2.75) is 0 Å². The van der Waals surface area contributed by atoms with Crippen LogP contribution < -0.4 is 9.47 Å². The molecular formula is C31H24N2O5. The molecule has 7 heteroatoms. The second kappa shape index (κ2) is 10.9. The molecule has 0 amide bonds. The van der Waals surface area contributed by atoms with Gasteiger partial charge < -0.3 is 14.2 Å². The minimum atomic E-state index is -0.608. The number of ketones is 1. The van der Waals surface area contributed by atoms with Crippen LogP contribution in [0.5, 0.6) is 11.5 Å². The second-order valence-electron chi connectivity index (χ2n) is 8.45.